The molecule has 0 aliphatic rings. The van der Waals surface area contributed by atoms with Crippen LogP contribution in [0.4, 0.5) is 5.69 Å². The Morgan fingerprint density at radius 1 is 1.12 bits per heavy atom. The number of amides is 1. The molecule has 1 aromatic heterocycles. The van der Waals surface area contributed by atoms with Crippen LogP contribution in [-0.2, 0) is 0 Å². The monoisotopic (exact) mass is 343 g/mol. The highest BCUT2D eigenvalue weighted by Gasteiger charge is 2.14. The minimum Gasteiger partial charge on any atom is -0.496 e. The van der Waals surface area contributed by atoms with E-state index in [1.807, 2.05) is 0 Å². The first-order chi connectivity index (χ1) is 11.5. The predicted octanol–water partition coefficient (Wildman–Crippen LogP) is 3.37. The Kier molecular flexibility index (Phi) is 4.14. The molecule has 0 atom stereocenters. The summed E-state index contributed by atoms with van der Waals surface area (Å²) >= 11 is 5.89. The lowest BCUT2D eigenvalue weighted by Crippen LogP contribution is -2.12. The summed E-state index contributed by atoms with van der Waals surface area (Å²) in [5.74, 6) is 0.683. The second-order valence-electron chi connectivity index (χ2n) is 5.03. The average Bonchev–Trinajstić information content (AvgIpc) is 2.56. The molecule has 3 aromatic rings. The number of rotatable bonds is 4. The summed E-state index contributed by atoms with van der Waals surface area (Å²) in [6.45, 7) is 0. The molecule has 0 spiro atoms. The first-order valence-electron chi connectivity index (χ1n) is 6.99. The number of halogens is 1. The van der Waals surface area contributed by atoms with Crippen molar-refractivity contribution in [1.82, 2.24) is 4.98 Å². The number of carbonyl (C=O) groups excluding carboxylic acids is 1. The van der Waals surface area contributed by atoms with E-state index in [1.54, 1.807) is 42.6 Å². The maximum absolute atomic E-state index is 11.6. The Balaban J connectivity index is 2.14. The first-order valence-corrected chi connectivity index (χ1v) is 7.37. The highest BCUT2D eigenvalue weighted by molar-refractivity contribution is 6.30. The van der Waals surface area contributed by atoms with E-state index in [9.17, 15) is 4.79 Å². The third-order valence-electron chi connectivity index (χ3n) is 3.48. The van der Waals surface area contributed by atoms with Crippen LogP contribution in [-0.4, -0.2) is 18.0 Å². The van der Waals surface area contributed by atoms with Crippen LogP contribution in [0.3, 0.4) is 0 Å². The van der Waals surface area contributed by atoms with Crippen molar-refractivity contribution in [3.63, 3.8) is 0 Å². The molecular formula is C17H14ClN3O3. The molecule has 2 aromatic carbocycles. The fraction of sp³-hybridized carbons (Fsp3) is 0.0588. The van der Waals surface area contributed by atoms with Gasteiger partial charge in [-0.15, -0.1) is 0 Å². The largest absolute Gasteiger partial charge is 0.496 e. The summed E-state index contributed by atoms with van der Waals surface area (Å²) in [7, 11) is 1.46. The first kappa shape index (κ1) is 15.9. The molecule has 0 unspecified atom stereocenters. The summed E-state index contributed by atoms with van der Waals surface area (Å²) in [6, 6.07) is 9.83. The van der Waals surface area contributed by atoms with Gasteiger partial charge in [-0.1, -0.05) is 11.6 Å². The van der Waals surface area contributed by atoms with Crippen LogP contribution < -0.4 is 20.9 Å². The molecule has 4 N–H and O–H groups in total. The number of fused-ring (bicyclic) bond motifs is 1. The van der Waals surface area contributed by atoms with Crippen molar-refractivity contribution in [2.45, 2.75) is 0 Å². The molecule has 0 saturated heterocycles. The maximum Gasteiger partial charge on any atom is 0.252 e. The lowest BCUT2D eigenvalue weighted by Gasteiger charge is -2.13. The molecule has 0 aliphatic carbocycles. The van der Waals surface area contributed by atoms with E-state index in [4.69, 9.17) is 32.5 Å². The summed E-state index contributed by atoms with van der Waals surface area (Å²) in [4.78, 5) is 15.9. The van der Waals surface area contributed by atoms with Gasteiger partial charge in [0.05, 0.1) is 23.9 Å². The van der Waals surface area contributed by atoms with Crippen molar-refractivity contribution in [1.29, 1.82) is 0 Å². The van der Waals surface area contributed by atoms with Gasteiger partial charge in [-0.25, -0.2) is 0 Å². The number of aromatic nitrogens is 1. The third-order valence-corrected chi connectivity index (χ3v) is 3.72. The molecule has 7 heteroatoms. The molecule has 0 bridgehead atoms. The number of primary amides is 1. The summed E-state index contributed by atoms with van der Waals surface area (Å²) in [5.41, 5.74) is 12.6. The zero-order valence-electron chi connectivity index (χ0n) is 12.7. The van der Waals surface area contributed by atoms with Gasteiger partial charge in [0.25, 0.3) is 5.91 Å². The van der Waals surface area contributed by atoms with Crippen LogP contribution in [0.5, 0.6) is 17.2 Å². The second-order valence-corrected chi connectivity index (χ2v) is 5.46. The Morgan fingerprint density at radius 3 is 2.58 bits per heavy atom. The van der Waals surface area contributed by atoms with Crippen LogP contribution in [0.2, 0.25) is 5.02 Å². The van der Waals surface area contributed by atoms with Gasteiger partial charge in [0, 0.05) is 22.7 Å². The molecule has 0 aliphatic heterocycles. The predicted molar refractivity (Wildman–Crippen MR) is 92.8 cm³/mol. The third kappa shape index (κ3) is 2.91. The number of hydrogen-bond acceptors (Lipinski definition) is 5. The number of carbonyl (C=O) groups is 1. The quantitative estimate of drug-likeness (QED) is 0.707. The number of pyridine rings is 1. The zero-order chi connectivity index (χ0) is 17.3. The summed E-state index contributed by atoms with van der Waals surface area (Å²) in [5, 5.41) is 1.13. The lowest BCUT2D eigenvalue weighted by molar-refractivity contribution is 0.0997. The second kappa shape index (κ2) is 6.25. The number of benzene rings is 2. The van der Waals surface area contributed by atoms with Crippen molar-refractivity contribution in [2.75, 3.05) is 12.8 Å². The van der Waals surface area contributed by atoms with Crippen LogP contribution in [0.1, 0.15) is 10.4 Å². The number of nitrogen functional groups attached to an aromatic ring is 1. The van der Waals surface area contributed by atoms with Crippen molar-refractivity contribution >= 4 is 34.1 Å². The molecule has 122 valence electrons. The van der Waals surface area contributed by atoms with Crippen molar-refractivity contribution < 1.29 is 14.3 Å². The van der Waals surface area contributed by atoms with Gasteiger partial charge in [0.1, 0.15) is 17.2 Å². The molecule has 0 fully saturated rings. The number of methoxy groups -OCH3 is 1. The van der Waals surface area contributed by atoms with E-state index in [2.05, 4.69) is 4.98 Å². The molecule has 3 rings (SSSR count). The minimum atomic E-state index is -0.602. The number of anilines is 1. The molecule has 1 amide bonds. The highest BCUT2D eigenvalue weighted by Crippen LogP contribution is 2.35. The fourth-order valence-corrected chi connectivity index (χ4v) is 2.51. The lowest BCUT2D eigenvalue weighted by atomic mass is 10.1. The maximum atomic E-state index is 11.6. The van der Waals surface area contributed by atoms with E-state index >= 15 is 0 Å². The van der Waals surface area contributed by atoms with Crippen LogP contribution in [0, 0.1) is 0 Å². The Bertz CT molecular complexity index is 944. The van der Waals surface area contributed by atoms with E-state index in [0.717, 1.165) is 0 Å². The van der Waals surface area contributed by atoms with E-state index in [1.165, 1.54) is 7.11 Å². The van der Waals surface area contributed by atoms with Gasteiger partial charge in [-0.05, 0) is 30.3 Å². The van der Waals surface area contributed by atoms with E-state index < -0.39 is 5.91 Å². The number of nitrogens with two attached hydrogens (primary N) is 2. The number of hydrogen-bond donors (Lipinski definition) is 2. The number of nitrogens with zero attached hydrogens (tertiary/aromatic N) is 1. The Morgan fingerprint density at radius 2 is 1.92 bits per heavy atom. The molecule has 1 heterocycles. The molecule has 6 nitrogen and oxygen atoms in total. The van der Waals surface area contributed by atoms with Crippen LogP contribution in [0.25, 0.3) is 10.9 Å². The van der Waals surface area contributed by atoms with Crippen molar-refractivity contribution in [2.24, 2.45) is 5.73 Å². The van der Waals surface area contributed by atoms with Crippen molar-refractivity contribution in [3.8, 4) is 17.2 Å². The van der Waals surface area contributed by atoms with Gasteiger partial charge >= 0.3 is 0 Å². The summed E-state index contributed by atoms with van der Waals surface area (Å²) < 4.78 is 11.1. The van der Waals surface area contributed by atoms with Crippen LogP contribution in [0.15, 0.2) is 42.6 Å². The average molecular weight is 344 g/mol. The van der Waals surface area contributed by atoms with Gasteiger partial charge in [-0.2, -0.15) is 0 Å². The SMILES string of the molecule is COc1cc2nccc(Oc3ccc(Cl)cc3N)c2cc1C(N)=O. The highest BCUT2D eigenvalue weighted by atomic mass is 35.5. The molecule has 24 heavy (non-hydrogen) atoms. The molecular weight excluding hydrogens is 330 g/mol. The van der Waals surface area contributed by atoms with E-state index in [-0.39, 0.29) is 5.56 Å². The Hall–Kier alpha value is -2.99. The topological polar surface area (TPSA) is 100 Å². The normalized spacial score (nSPS) is 10.6. The van der Waals surface area contributed by atoms with Gasteiger partial charge < -0.3 is 20.9 Å². The molecule has 0 radical (unpaired) electrons. The summed E-state index contributed by atoms with van der Waals surface area (Å²) in [6.07, 6.45) is 1.59. The van der Waals surface area contributed by atoms with Gasteiger partial charge in [0.15, 0.2) is 0 Å². The standard InChI is InChI=1S/C17H14ClN3O3/c1-23-16-8-13-10(7-11(16)17(20)22)14(4-5-21-13)24-15-3-2-9(18)6-12(15)19/h2-8H,19H2,1H3,(H2,20,22). The van der Waals surface area contributed by atoms with Crippen molar-refractivity contribution in [3.05, 3.63) is 53.2 Å². The Labute approximate surface area is 142 Å². The number of ether oxygens (including phenoxy) is 2. The van der Waals surface area contributed by atoms with E-state index in [0.29, 0.717) is 38.9 Å². The zero-order valence-corrected chi connectivity index (χ0v) is 13.5. The smallest absolute Gasteiger partial charge is 0.252 e. The van der Waals surface area contributed by atoms with Gasteiger partial charge in [-0.3, -0.25) is 9.78 Å². The van der Waals surface area contributed by atoms with Crippen LogP contribution >= 0.6 is 11.6 Å². The molecule has 0 saturated carbocycles. The minimum absolute atomic E-state index is 0.243. The van der Waals surface area contributed by atoms with Gasteiger partial charge in [0.2, 0.25) is 0 Å². The fourth-order valence-electron chi connectivity index (χ4n) is 2.33.